The van der Waals surface area contributed by atoms with Crippen LogP contribution in [0.4, 0.5) is 5.69 Å². The molecule has 4 heteroatoms. The van der Waals surface area contributed by atoms with E-state index in [2.05, 4.69) is 12.2 Å². The molecule has 1 amide bonds. The van der Waals surface area contributed by atoms with Gasteiger partial charge in [-0.25, -0.2) is 0 Å². The second-order valence-corrected chi connectivity index (χ2v) is 5.81. The molecule has 1 aromatic carbocycles. The maximum absolute atomic E-state index is 12.3. The fraction of sp³-hybridized carbons (Fsp3) is 0.467. The van der Waals surface area contributed by atoms with Crippen molar-refractivity contribution in [1.29, 1.82) is 0 Å². The summed E-state index contributed by atoms with van der Waals surface area (Å²) >= 11 is 5.07. The number of rotatable bonds is 3. The van der Waals surface area contributed by atoms with Crippen LogP contribution in [0.5, 0.6) is 0 Å². The van der Waals surface area contributed by atoms with E-state index in [4.69, 9.17) is 18.0 Å². The molecule has 0 spiro atoms. The Morgan fingerprint density at radius 2 is 2.16 bits per heavy atom. The lowest BCUT2D eigenvalue weighted by Gasteiger charge is -2.17. The second-order valence-electron chi connectivity index (χ2n) is 5.37. The Balaban J connectivity index is 2.21. The molecule has 0 saturated heterocycles. The standard InChI is InChI=1S/C15H20N2OS/c1-9-5-3-7-11(9)15(18)17-12-8-4-6-10(2)13(12)14(16)19/h4,6,8-9,11H,3,5,7H2,1-2H3,(H2,16,19)(H,17,18). The molecule has 1 saturated carbocycles. The van der Waals surface area contributed by atoms with E-state index in [1.54, 1.807) is 0 Å². The van der Waals surface area contributed by atoms with Gasteiger partial charge in [0.15, 0.2) is 0 Å². The molecule has 19 heavy (non-hydrogen) atoms. The third kappa shape index (κ3) is 2.95. The molecule has 0 heterocycles. The molecule has 1 aliphatic carbocycles. The third-order valence-electron chi connectivity index (χ3n) is 3.98. The van der Waals surface area contributed by atoms with E-state index in [1.807, 2.05) is 25.1 Å². The molecule has 2 rings (SSSR count). The van der Waals surface area contributed by atoms with Gasteiger partial charge < -0.3 is 11.1 Å². The van der Waals surface area contributed by atoms with Crippen molar-refractivity contribution in [2.24, 2.45) is 17.6 Å². The minimum atomic E-state index is 0.0908. The smallest absolute Gasteiger partial charge is 0.227 e. The Hall–Kier alpha value is -1.42. The monoisotopic (exact) mass is 276 g/mol. The zero-order valence-corrected chi connectivity index (χ0v) is 12.2. The van der Waals surface area contributed by atoms with Crippen molar-refractivity contribution in [3.8, 4) is 0 Å². The Morgan fingerprint density at radius 3 is 2.74 bits per heavy atom. The Kier molecular flexibility index (Phi) is 4.20. The summed E-state index contributed by atoms with van der Waals surface area (Å²) in [5.74, 6) is 0.658. The van der Waals surface area contributed by atoms with Crippen LogP contribution >= 0.6 is 12.2 Å². The van der Waals surface area contributed by atoms with Gasteiger partial charge in [-0.1, -0.05) is 37.7 Å². The number of nitrogens with two attached hydrogens (primary N) is 1. The molecule has 2 unspecified atom stereocenters. The summed E-state index contributed by atoms with van der Waals surface area (Å²) in [6, 6.07) is 5.71. The predicted molar refractivity (Wildman–Crippen MR) is 82.2 cm³/mol. The first-order valence-corrected chi connectivity index (χ1v) is 7.12. The lowest BCUT2D eigenvalue weighted by atomic mass is 9.97. The van der Waals surface area contributed by atoms with Crippen LogP contribution in [-0.4, -0.2) is 10.9 Å². The van der Waals surface area contributed by atoms with Gasteiger partial charge in [0, 0.05) is 11.5 Å². The van der Waals surface area contributed by atoms with Crippen LogP contribution in [0.2, 0.25) is 0 Å². The summed E-state index contributed by atoms with van der Waals surface area (Å²) in [7, 11) is 0. The highest BCUT2D eigenvalue weighted by Crippen LogP contribution is 2.32. The fourth-order valence-electron chi connectivity index (χ4n) is 2.86. The first-order valence-electron chi connectivity index (χ1n) is 6.71. The highest BCUT2D eigenvalue weighted by atomic mass is 32.1. The molecule has 0 aromatic heterocycles. The zero-order chi connectivity index (χ0) is 14.0. The van der Waals surface area contributed by atoms with Crippen LogP contribution in [0.25, 0.3) is 0 Å². The number of carbonyl (C=O) groups excluding carboxylic acids is 1. The summed E-state index contributed by atoms with van der Waals surface area (Å²) in [4.78, 5) is 12.6. The van der Waals surface area contributed by atoms with Crippen molar-refractivity contribution in [2.75, 3.05) is 5.32 Å². The van der Waals surface area contributed by atoms with Gasteiger partial charge in [-0.05, 0) is 37.3 Å². The quantitative estimate of drug-likeness (QED) is 0.834. The van der Waals surface area contributed by atoms with Crippen molar-refractivity contribution in [3.63, 3.8) is 0 Å². The van der Waals surface area contributed by atoms with Gasteiger partial charge in [0.05, 0.1) is 5.69 Å². The molecule has 1 aliphatic rings. The first-order chi connectivity index (χ1) is 9.00. The van der Waals surface area contributed by atoms with Crippen molar-refractivity contribution in [3.05, 3.63) is 29.3 Å². The molecule has 0 radical (unpaired) electrons. The van der Waals surface area contributed by atoms with Gasteiger partial charge in [0.1, 0.15) is 4.99 Å². The summed E-state index contributed by atoms with van der Waals surface area (Å²) in [6.45, 7) is 4.09. The van der Waals surface area contributed by atoms with E-state index in [0.717, 1.165) is 36.1 Å². The number of anilines is 1. The number of aryl methyl sites for hydroxylation is 1. The molecule has 3 nitrogen and oxygen atoms in total. The maximum atomic E-state index is 12.3. The Morgan fingerprint density at radius 1 is 1.42 bits per heavy atom. The SMILES string of the molecule is Cc1cccc(NC(=O)C2CCCC2C)c1C(N)=S. The van der Waals surface area contributed by atoms with Crippen molar-refractivity contribution < 1.29 is 4.79 Å². The molecule has 1 aromatic rings. The van der Waals surface area contributed by atoms with Crippen LogP contribution in [0.1, 0.15) is 37.3 Å². The summed E-state index contributed by atoms with van der Waals surface area (Å²) in [5.41, 5.74) is 8.25. The zero-order valence-electron chi connectivity index (χ0n) is 11.4. The summed E-state index contributed by atoms with van der Waals surface area (Å²) in [6.07, 6.45) is 3.24. The molecule has 1 fully saturated rings. The first kappa shape index (κ1) is 14.0. The van der Waals surface area contributed by atoms with Crippen LogP contribution in [0.15, 0.2) is 18.2 Å². The number of benzene rings is 1. The summed E-state index contributed by atoms with van der Waals surface area (Å²) < 4.78 is 0. The maximum Gasteiger partial charge on any atom is 0.227 e. The third-order valence-corrected chi connectivity index (χ3v) is 4.18. The van der Waals surface area contributed by atoms with Gasteiger partial charge in [0.25, 0.3) is 0 Å². The molecule has 102 valence electrons. The number of hydrogen-bond donors (Lipinski definition) is 2. The number of thiocarbonyl (C=S) groups is 1. The number of nitrogens with one attached hydrogen (secondary N) is 1. The van der Waals surface area contributed by atoms with Gasteiger partial charge in [-0.3, -0.25) is 4.79 Å². The number of carbonyl (C=O) groups is 1. The Labute approximate surface area is 119 Å². The van der Waals surface area contributed by atoms with Gasteiger partial charge in [-0.15, -0.1) is 0 Å². The van der Waals surface area contributed by atoms with Crippen LogP contribution < -0.4 is 11.1 Å². The second kappa shape index (κ2) is 5.70. The topological polar surface area (TPSA) is 55.1 Å². The van der Waals surface area contributed by atoms with E-state index in [1.165, 1.54) is 0 Å². The van der Waals surface area contributed by atoms with Gasteiger partial charge in [-0.2, -0.15) is 0 Å². The number of amides is 1. The fourth-order valence-corrected chi connectivity index (χ4v) is 3.13. The summed E-state index contributed by atoms with van der Waals surface area (Å²) in [5, 5.41) is 3.00. The molecule has 2 atom stereocenters. The molecular weight excluding hydrogens is 256 g/mol. The minimum Gasteiger partial charge on any atom is -0.389 e. The van der Waals surface area contributed by atoms with Gasteiger partial charge >= 0.3 is 0 Å². The molecular formula is C15H20N2OS. The Bertz CT molecular complexity index is 513. The predicted octanol–water partition coefficient (Wildman–Crippen LogP) is 3.00. The van der Waals surface area contributed by atoms with E-state index < -0.39 is 0 Å². The number of hydrogen-bond acceptors (Lipinski definition) is 2. The lowest BCUT2D eigenvalue weighted by Crippen LogP contribution is -2.26. The highest BCUT2D eigenvalue weighted by molar-refractivity contribution is 7.80. The minimum absolute atomic E-state index is 0.0908. The van der Waals surface area contributed by atoms with Gasteiger partial charge in [0.2, 0.25) is 5.91 Å². The molecule has 3 N–H and O–H groups in total. The van der Waals surface area contributed by atoms with Crippen molar-refractivity contribution >= 4 is 28.8 Å². The van der Waals surface area contributed by atoms with Crippen molar-refractivity contribution in [1.82, 2.24) is 0 Å². The van der Waals surface area contributed by atoms with Crippen LogP contribution in [0, 0.1) is 18.8 Å². The van der Waals surface area contributed by atoms with Crippen molar-refractivity contribution in [2.45, 2.75) is 33.1 Å². The van der Waals surface area contributed by atoms with E-state index >= 15 is 0 Å². The molecule has 0 aliphatic heterocycles. The average molecular weight is 276 g/mol. The normalized spacial score (nSPS) is 22.2. The van der Waals surface area contributed by atoms with Crippen LogP contribution in [-0.2, 0) is 4.79 Å². The molecule has 0 bridgehead atoms. The average Bonchev–Trinajstić information content (AvgIpc) is 2.75. The highest BCUT2D eigenvalue weighted by Gasteiger charge is 2.30. The van der Waals surface area contributed by atoms with E-state index in [-0.39, 0.29) is 11.8 Å². The van der Waals surface area contributed by atoms with E-state index in [9.17, 15) is 4.79 Å². The lowest BCUT2D eigenvalue weighted by molar-refractivity contribution is -0.120. The van der Waals surface area contributed by atoms with Crippen LogP contribution in [0.3, 0.4) is 0 Å². The van der Waals surface area contributed by atoms with E-state index in [0.29, 0.717) is 10.9 Å². The largest absolute Gasteiger partial charge is 0.389 e.